The fourth-order valence-corrected chi connectivity index (χ4v) is 1.31. The SMILES string of the molecule is Cc1cc(C(N)=O)nn1-c1ccccn1. The molecule has 0 aromatic carbocycles. The molecule has 76 valence electrons. The molecule has 0 unspecified atom stereocenters. The van der Waals surface area contributed by atoms with Crippen LogP contribution in [0.1, 0.15) is 16.2 Å². The van der Waals surface area contributed by atoms with Crippen molar-refractivity contribution in [2.75, 3.05) is 0 Å². The zero-order chi connectivity index (χ0) is 10.8. The van der Waals surface area contributed by atoms with Crippen molar-refractivity contribution in [3.63, 3.8) is 0 Å². The predicted octanol–water partition coefficient (Wildman–Crippen LogP) is 0.675. The van der Waals surface area contributed by atoms with Gasteiger partial charge in [0.2, 0.25) is 0 Å². The third kappa shape index (κ3) is 1.71. The van der Waals surface area contributed by atoms with E-state index in [2.05, 4.69) is 10.1 Å². The van der Waals surface area contributed by atoms with Crippen LogP contribution in [0.25, 0.3) is 5.82 Å². The van der Waals surface area contributed by atoms with E-state index in [1.54, 1.807) is 16.9 Å². The summed E-state index contributed by atoms with van der Waals surface area (Å²) in [7, 11) is 0. The topological polar surface area (TPSA) is 73.8 Å². The molecule has 0 atom stereocenters. The molecule has 0 spiro atoms. The van der Waals surface area contributed by atoms with Crippen molar-refractivity contribution in [2.24, 2.45) is 5.73 Å². The molecular formula is C10H10N4O. The van der Waals surface area contributed by atoms with E-state index in [-0.39, 0.29) is 5.69 Å². The Morgan fingerprint density at radius 3 is 2.80 bits per heavy atom. The average molecular weight is 202 g/mol. The highest BCUT2D eigenvalue weighted by Gasteiger charge is 2.10. The summed E-state index contributed by atoms with van der Waals surface area (Å²) in [5.41, 5.74) is 6.21. The number of nitrogens with zero attached hydrogens (tertiary/aromatic N) is 3. The number of aryl methyl sites for hydroxylation is 1. The smallest absolute Gasteiger partial charge is 0.269 e. The molecule has 2 rings (SSSR count). The maximum atomic E-state index is 10.9. The first kappa shape index (κ1) is 9.39. The second-order valence-electron chi connectivity index (χ2n) is 3.13. The van der Waals surface area contributed by atoms with E-state index in [0.29, 0.717) is 5.82 Å². The summed E-state index contributed by atoms with van der Waals surface area (Å²) >= 11 is 0. The van der Waals surface area contributed by atoms with Gasteiger partial charge in [-0.15, -0.1) is 0 Å². The summed E-state index contributed by atoms with van der Waals surface area (Å²) in [4.78, 5) is 15.1. The van der Waals surface area contributed by atoms with Crippen LogP contribution < -0.4 is 5.73 Å². The van der Waals surface area contributed by atoms with E-state index in [9.17, 15) is 4.79 Å². The number of hydrogen-bond donors (Lipinski definition) is 1. The number of carbonyl (C=O) groups is 1. The number of carbonyl (C=O) groups excluding carboxylic acids is 1. The second-order valence-corrected chi connectivity index (χ2v) is 3.13. The lowest BCUT2D eigenvalue weighted by atomic mass is 10.3. The summed E-state index contributed by atoms with van der Waals surface area (Å²) in [6, 6.07) is 7.12. The zero-order valence-corrected chi connectivity index (χ0v) is 8.21. The number of primary amides is 1. The summed E-state index contributed by atoms with van der Waals surface area (Å²) in [5.74, 6) is 0.135. The van der Waals surface area contributed by atoms with E-state index >= 15 is 0 Å². The first-order chi connectivity index (χ1) is 7.18. The molecule has 15 heavy (non-hydrogen) atoms. The molecule has 0 bridgehead atoms. The van der Waals surface area contributed by atoms with Gasteiger partial charge in [-0.1, -0.05) is 6.07 Å². The molecule has 2 aromatic heterocycles. The van der Waals surface area contributed by atoms with Crippen molar-refractivity contribution < 1.29 is 4.79 Å². The number of rotatable bonds is 2. The van der Waals surface area contributed by atoms with Gasteiger partial charge in [0.15, 0.2) is 11.5 Å². The van der Waals surface area contributed by atoms with Crippen molar-refractivity contribution in [1.29, 1.82) is 0 Å². The number of hydrogen-bond acceptors (Lipinski definition) is 3. The molecule has 2 aromatic rings. The van der Waals surface area contributed by atoms with Crippen molar-refractivity contribution in [2.45, 2.75) is 6.92 Å². The van der Waals surface area contributed by atoms with Gasteiger partial charge in [0.25, 0.3) is 5.91 Å². The first-order valence-electron chi connectivity index (χ1n) is 4.46. The average Bonchev–Trinajstić information content (AvgIpc) is 2.62. The minimum atomic E-state index is -0.534. The Hall–Kier alpha value is -2.17. The molecular weight excluding hydrogens is 192 g/mol. The Balaban J connectivity index is 2.50. The Kier molecular flexibility index (Phi) is 2.21. The van der Waals surface area contributed by atoms with Gasteiger partial charge in [0, 0.05) is 11.9 Å². The highest BCUT2D eigenvalue weighted by atomic mass is 16.1. The van der Waals surface area contributed by atoms with Gasteiger partial charge in [0.1, 0.15) is 0 Å². The maximum Gasteiger partial charge on any atom is 0.269 e. The fourth-order valence-electron chi connectivity index (χ4n) is 1.31. The van der Waals surface area contributed by atoms with Gasteiger partial charge in [0.05, 0.1) is 0 Å². The third-order valence-corrected chi connectivity index (χ3v) is 2.01. The molecule has 2 heterocycles. The summed E-state index contributed by atoms with van der Waals surface area (Å²) in [5, 5.41) is 4.06. The lowest BCUT2D eigenvalue weighted by molar-refractivity contribution is 0.0995. The van der Waals surface area contributed by atoms with Gasteiger partial charge < -0.3 is 5.73 Å². The van der Waals surface area contributed by atoms with E-state index < -0.39 is 5.91 Å². The molecule has 0 aliphatic carbocycles. The monoisotopic (exact) mass is 202 g/mol. The Bertz CT molecular complexity index is 489. The Morgan fingerprint density at radius 2 is 2.27 bits per heavy atom. The molecule has 0 aliphatic rings. The number of pyridine rings is 1. The largest absolute Gasteiger partial charge is 0.364 e. The van der Waals surface area contributed by atoms with E-state index in [1.165, 1.54) is 0 Å². The van der Waals surface area contributed by atoms with Gasteiger partial charge in [-0.05, 0) is 25.1 Å². The minimum Gasteiger partial charge on any atom is -0.364 e. The minimum absolute atomic E-state index is 0.248. The van der Waals surface area contributed by atoms with Crippen LogP contribution >= 0.6 is 0 Å². The highest BCUT2D eigenvalue weighted by Crippen LogP contribution is 2.08. The molecule has 0 saturated heterocycles. The first-order valence-corrected chi connectivity index (χ1v) is 4.46. The predicted molar refractivity (Wildman–Crippen MR) is 54.6 cm³/mol. The van der Waals surface area contributed by atoms with E-state index in [0.717, 1.165) is 5.69 Å². The number of amides is 1. The zero-order valence-electron chi connectivity index (χ0n) is 8.21. The fraction of sp³-hybridized carbons (Fsp3) is 0.100. The molecule has 0 saturated carbocycles. The van der Waals surface area contributed by atoms with Gasteiger partial charge >= 0.3 is 0 Å². The van der Waals surface area contributed by atoms with Crippen molar-refractivity contribution >= 4 is 5.91 Å². The van der Waals surface area contributed by atoms with Crippen molar-refractivity contribution in [1.82, 2.24) is 14.8 Å². The molecule has 5 nitrogen and oxygen atoms in total. The van der Waals surface area contributed by atoms with Crippen LogP contribution in [0.3, 0.4) is 0 Å². The standard InChI is InChI=1S/C10H10N4O/c1-7-6-8(10(11)15)13-14(7)9-4-2-3-5-12-9/h2-6H,1H3,(H2,11,15). The van der Waals surface area contributed by atoms with Crippen LogP contribution in [0.5, 0.6) is 0 Å². The van der Waals surface area contributed by atoms with Gasteiger partial charge in [-0.25, -0.2) is 9.67 Å². The van der Waals surface area contributed by atoms with Crippen LogP contribution in [0.4, 0.5) is 0 Å². The van der Waals surface area contributed by atoms with E-state index in [4.69, 9.17) is 5.73 Å². The molecule has 0 radical (unpaired) electrons. The van der Waals surface area contributed by atoms with Crippen LogP contribution in [0.15, 0.2) is 30.5 Å². The van der Waals surface area contributed by atoms with Crippen molar-refractivity contribution in [3.05, 3.63) is 41.9 Å². The van der Waals surface area contributed by atoms with Gasteiger partial charge in [-0.2, -0.15) is 5.10 Å². The molecule has 2 N–H and O–H groups in total. The molecule has 5 heteroatoms. The highest BCUT2D eigenvalue weighted by molar-refractivity contribution is 5.90. The normalized spacial score (nSPS) is 10.2. The summed E-state index contributed by atoms with van der Waals surface area (Å²) < 4.78 is 1.58. The maximum absolute atomic E-state index is 10.9. The number of nitrogens with two attached hydrogens (primary N) is 1. The van der Waals surface area contributed by atoms with Crippen LogP contribution in [0.2, 0.25) is 0 Å². The summed E-state index contributed by atoms with van der Waals surface area (Å²) in [6.07, 6.45) is 1.67. The van der Waals surface area contributed by atoms with Crippen LogP contribution in [-0.4, -0.2) is 20.7 Å². The van der Waals surface area contributed by atoms with Crippen molar-refractivity contribution in [3.8, 4) is 5.82 Å². The van der Waals surface area contributed by atoms with Gasteiger partial charge in [-0.3, -0.25) is 4.79 Å². The van der Waals surface area contributed by atoms with E-state index in [1.807, 2.05) is 25.1 Å². The van der Waals surface area contributed by atoms with Crippen LogP contribution in [0, 0.1) is 6.92 Å². The van der Waals surface area contributed by atoms with Crippen LogP contribution in [-0.2, 0) is 0 Å². The lowest BCUT2D eigenvalue weighted by Crippen LogP contribution is -2.12. The Morgan fingerprint density at radius 1 is 1.47 bits per heavy atom. The second kappa shape index (κ2) is 3.53. The summed E-state index contributed by atoms with van der Waals surface area (Å²) in [6.45, 7) is 1.84. The molecule has 0 fully saturated rings. The quantitative estimate of drug-likeness (QED) is 0.778. The lowest BCUT2D eigenvalue weighted by Gasteiger charge is -2.00. The Labute approximate surface area is 86.5 Å². The number of aromatic nitrogens is 3. The molecule has 1 amide bonds. The third-order valence-electron chi connectivity index (χ3n) is 2.01. The molecule has 0 aliphatic heterocycles.